The van der Waals surface area contributed by atoms with Crippen LogP contribution in [-0.2, 0) is 15.7 Å². The normalized spacial score (nSPS) is 22.0. The fraction of sp³-hybridized carbons (Fsp3) is 0.647. The van der Waals surface area contributed by atoms with E-state index in [1.807, 2.05) is 13.0 Å². The molecule has 1 atom stereocenters. The van der Waals surface area contributed by atoms with Gasteiger partial charge in [0.25, 0.3) is 0 Å². The smallest absolute Gasteiger partial charge is 0.402 e. The summed E-state index contributed by atoms with van der Waals surface area (Å²) < 4.78 is 12.2. The van der Waals surface area contributed by atoms with Gasteiger partial charge in [-0.25, -0.2) is 0 Å². The molecule has 0 radical (unpaired) electrons. The Kier molecular flexibility index (Phi) is 6.13. The maximum atomic E-state index is 6.48. The Labute approximate surface area is 141 Å². The van der Waals surface area contributed by atoms with Crippen LogP contribution >= 0.6 is 12.4 Å². The summed E-state index contributed by atoms with van der Waals surface area (Å²) in [5, 5.41) is 0. The minimum atomic E-state index is -0.472. The second-order valence-electron chi connectivity index (χ2n) is 7.43. The van der Waals surface area contributed by atoms with E-state index in [1.165, 1.54) is 5.56 Å². The Morgan fingerprint density at radius 2 is 1.55 bits per heavy atom. The first-order chi connectivity index (χ1) is 9.64. The fourth-order valence-electron chi connectivity index (χ4n) is 2.55. The molecule has 1 aromatic rings. The van der Waals surface area contributed by atoms with Crippen molar-refractivity contribution in [2.45, 2.75) is 70.5 Å². The summed E-state index contributed by atoms with van der Waals surface area (Å²) in [6, 6.07) is 10.5. The quantitative estimate of drug-likeness (QED) is 0.838. The third-order valence-corrected chi connectivity index (χ3v) is 4.82. The molecule has 2 N–H and O–H groups in total. The molecule has 0 saturated carbocycles. The van der Waals surface area contributed by atoms with Gasteiger partial charge in [-0.15, -0.1) is 12.4 Å². The maximum Gasteiger partial charge on any atom is 0.478 e. The van der Waals surface area contributed by atoms with Crippen molar-refractivity contribution in [3.05, 3.63) is 35.9 Å². The average molecular weight is 326 g/mol. The molecule has 1 unspecified atom stereocenters. The molecule has 22 heavy (non-hydrogen) atoms. The van der Waals surface area contributed by atoms with Gasteiger partial charge in [-0.2, -0.15) is 0 Å². The molecule has 1 fully saturated rings. The van der Waals surface area contributed by atoms with E-state index in [2.05, 4.69) is 52.0 Å². The molecule has 0 aliphatic carbocycles. The Morgan fingerprint density at radius 1 is 1.05 bits per heavy atom. The molecular weight excluding hydrogens is 296 g/mol. The highest BCUT2D eigenvalue weighted by atomic mass is 35.5. The second kappa shape index (κ2) is 6.92. The van der Waals surface area contributed by atoms with Crippen molar-refractivity contribution in [2.24, 2.45) is 5.73 Å². The summed E-state index contributed by atoms with van der Waals surface area (Å²) in [7, 11) is -0.349. The van der Waals surface area contributed by atoms with Crippen molar-refractivity contribution in [3.8, 4) is 0 Å². The second-order valence-corrected chi connectivity index (χ2v) is 7.43. The molecule has 0 spiro atoms. The van der Waals surface area contributed by atoms with Crippen LogP contribution in [0.25, 0.3) is 0 Å². The third kappa shape index (κ3) is 4.26. The fourth-order valence-corrected chi connectivity index (χ4v) is 2.55. The number of benzene rings is 1. The summed E-state index contributed by atoms with van der Waals surface area (Å²) >= 11 is 0. The highest BCUT2D eigenvalue weighted by molar-refractivity contribution is 6.49. The van der Waals surface area contributed by atoms with Gasteiger partial charge in [0.1, 0.15) is 0 Å². The molecule has 1 aliphatic heterocycles. The number of hydrogen-bond donors (Lipinski definition) is 1. The molecule has 3 nitrogen and oxygen atoms in total. The van der Waals surface area contributed by atoms with E-state index in [1.54, 1.807) is 0 Å². The van der Waals surface area contributed by atoms with E-state index in [4.69, 9.17) is 15.0 Å². The first-order valence-corrected chi connectivity index (χ1v) is 7.82. The predicted molar refractivity (Wildman–Crippen MR) is 95.3 cm³/mol. The molecular formula is C17H29BClNO2. The number of aryl methyl sites for hydroxylation is 1. The van der Waals surface area contributed by atoms with Crippen LogP contribution in [0, 0.1) is 0 Å². The van der Waals surface area contributed by atoms with Crippen LogP contribution in [0.3, 0.4) is 0 Å². The molecule has 1 aromatic carbocycles. The minimum absolute atomic E-state index is 0. The van der Waals surface area contributed by atoms with Crippen molar-refractivity contribution in [3.63, 3.8) is 0 Å². The zero-order valence-electron chi connectivity index (χ0n) is 14.4. The van der Waals surface area contributed by atoms with E-state index < -0.39 is 5.44 Å². The van der Waals surface area contributed by atoms with Gasteiger partial charge in [0.2, 0.25) is 0 Å². The van der Waals surface area contributed by atoms with Crippen molar-refractivity contribution in [1.82, 2.24) is 0 Å². The number of hydrogen-bond acceptors (Lipinski definition) is 3. The lowest BCUT2D eigenvalue weighted by atomic mass is 9.63. The Bertz CT molecular complexity index is 461. The number of nitrogens with two attached hydrogens (primary N) is 1. The van der Waals surface area contributed by atoms with Gasteiger partial charge in [-0.1, -0.05) is 30.3 Å². The molecule has 1 aliphatic rings. The summed E-state index contributed by atoms with van der Waals surface area (Å²) in [6.45, 7) is 10.3. The minimum Gasteiger partial charge on any atom is -0.402 e. The number of halogens is 1. The van der Waals surface area contributed by atoms with Crippen molar-refractivity contribution in [2.75, 3.05) is 0 Å². The van der Waals surface area contributed by atoms with Gasteiger partial charge >= 0.3 is 7.12 Å². The zero-order chi connectivity index (χ0) is 15.7. The van der Waals surface area contributed by atoms with Gasteiger partial charge in [-0.3, -0.25) is 0 Å². The van der Waals surface area contributed by atoms with Gasteiger partial charge in [0.15, 0.2) is 0 Å². The van der Waals surface area contributed by atoms with E-state index in [9.17, 15) is 0 Å². The number of rotatable bonds is 5. The highest BCUT2D eigenvalue weighted by Gasteiger charge is 2.56. The summed E-state index contributed by atoms with van der Waals surface area (Å²) in [5.74, 6) is 0. The first kappa shape index (κ1) is 19.5. The van der Waals surface area contributed by atoms with Crippen LogP contribution in [0.4, 0.5) is 0 Å². The topological polar surface area (TPSA) is 44.5 Å². The molecule has 5 heteroatoms. The predicted octanol–water partition coefficient (Wildman–Crippen LogP) is 3.78. The largest absolute Gasteiger partial charge is 0.478 e. The van der Waals surface area contributed by atoms with Gasteiger partial charge in [0, 0.05) is 5.44 Å². The van der Waals surface area contributed by atoms with E-state index in [0.717, 1.165) is 19.3 Å². The Morgan fingerprint density at radius 3 is 2.05 bits per heavy atom. The monoisotopic (exact) mass is 325 g/mol. The lowest BCUT2D eigenvalue weighted by Gasteiger charge is -2.32. The lowest BCUT2D eigenvalue weighted by molar-refractivity contribution is 0.00578. The third-order valence-electron chi connectivity index (χ3n) is 4.82. The molecule has 1 heterocycles. The van der Waals surface area contributed by atoms with Crippen LogP contribution in [0.15, 0.2) is 30.3 Å². The maximum absolute atomic E-state index is 6.48. The van der Waals surface area contributed by atoms with Crippen molar-refractivity contribution in [1.29, 1.82) is 0 Å². The van der Waals surface area contributed by atoms with Gasteiger partial charge in [-0.05, 0) is 59.4 Å². The lowest BCUT2D eigenvalue weighted by Crippen LogP contribution is -2.53. The van der Waals surface area contributed by atoms with Crippen molar-refractivity contribution >= 4 is 19.5 Å². The van der Waals surface area contributed by atoms with Crippen molar-refractivity contribution < 1.29 is 9.31 Å². The summed E-state index contributed by atoms with van der Waals surface area (Å²) in [5.41, 5.74) is 6.71. The first-order valence-electron chi connectivity index (χ1n) is 7.82. The zero-order valence-corrected chi connectivity index (χ0v) is 15.2. The highest BCUT2D eigenvalue weighted by Crippen LogP contribution is 2.39. The molecule has 2 rings (SSSR count). The van der Waals surface area contributed by atoms with Crippen LogP contribution < -0.4 is 5.73 Å². The Hall–Kier alpha value is -0.545. The molecule has 1 saturated heterocycles. The van der Waals surface area contributed by atoms with Crippen LogP contribution in [0.2, 0.25) is 0 Å². The van der Waals surface area contributed by atoms with Gasteiger partial charge in [0.05, 0.1) is 11.2 Å². The summed E-state index contributed by atoms with van der Waals surface area (Å²) in [6.07, 6.45) is 2.94. The Balaban J connectivity index is 0.00000242. The van der Waals surface area contributed by atoms with Crippen LogP contribution in [0.1, 0.15) is 53.0 Å². The van der Waals surface area contributed by atoms with E-state index >= 15 is 0 Å². The molecule has 124 valence electrons. The van der Waals surface area contributed by atoms with Crippen LogP contribution in [-0.4, -0.2) is 23.8 Å². The SMILES string of the molecule is CC(N)(CCCc1ccccc1)B1OC(C)(C)C(C)(C)O1.Cl. The van der Waals surface area contributed by atoms with Crippen LogP contribution in [0.5, 0.6) is 0 Å². The standard InChI is InChI=1S/C17H28BNO2.ClH/c1-15(2)16(3,4)21-18(20-15)17(5,19)13-9-12-14-10-7-6-8-11-14;/h6-8,10-11H,9,12-13,19H2,1-5H3;1H. The molecule has 0 aromatic heterocycles. The van der Waals surface area contributed by atoms with E-state index in [0.29, 0.717) is 0 Å². The molecule has 0 amide bonds. The average Bonchev–Trinajstić information content (AvgIpc) is 2.60. The van der Waals surface area contributed by atoms with Gasteiger partial charge < -0.3 is 15.0 Å². The van der Waals surface area contributed by atoms with E-state index in [-0.39, 0.29) is 30.7 Å². The molecule has 0 bridgehead atoms. The summed E-state index contributed by atoms with van der Waals surface area (Å²) in [4.78, 5) is 0.